The first-order valence-electron chi connectivity index (χ1n) is 7.86. The summed E-state index contributed by atoms with van der Waals surface area (Å²) in [5.74, 6) is -1.15. The zero-order chi connectivity index (χ0) is 20.1. The van der Waals surface area contributed by atoms with Crippen molar-refractivity contribution < 1.29 is 18.5 Å². The van der Waals surface area contributed by atoms with Crippen LogP contribution in [0.3, 0.4) is 0 Å². The molecule has 3 rings (SSSR count). The van der Waals surface area contributed by atoms with Gasteiger partial charge in [0.25, 0.3) is 11.6 Å². The lowest BCUT2D eigenvalue weighted by atomic mass is 10.1. The fourth-order valence-corrected chi connectivity index (χ4v) is 2.39. The maximum absolute atomic E-state index is 13.8. The van der Waals surface area contributed by atoms with Crippen LogP contribution < -0.4 is 5.43 Å². The number of rotatable bonds is 5. The highest BCUT2D eigenvalue weighted by molar-refractivity contribution is 5.95. The Kier molecular flexibility index (Phi) is 5.23. The number of nitrogens with one attached hydrogen (secondary N) is 1. The Bertz CT molecular complexity index is 1130. The molecule has 0 bridgehead atoms. The van der Waals surface area contributed by atoms with Crippen molar-refractivity contribution in [3.05, 3.63) is 87.4 Å². The third-order valence-electron chi connectivity index (χ3n) is 3.69. The van der Waals surface area contributed by atoms with Gasteiger partial charge in [0.1, 0.15) is 17.3 Å². The molecular weight excluding hydrogens is 367 g/mol. The van der Waals surface area contributed by atoms with Crippen LogP contribution in [0.15, 0.2) is 64.1 Å². The van der Waals surface area contributed by atoms with Gasteiger partial charge in [-0.15, -0.1) is 0 Å². The van der Waals surface area contributed by atoms with Gasteiger partial charge in [-0.05, 0) is 36.4 Å². The van der Waals surface area contributed by atoms with Gasteiger partial charge >= 0.3 is 0 Å². The average molecular weight is 378 g/mol. The topological polar surface area (TPSA) is 122 Å². The third-order valence-corrected chi connectivity index (χ3v) is 3.69. The number of nitriles is 1. The maximum Gasteiger partial charge on any atom is 0.280 e. The summed E-state index contributed by atoms with van der Waals surface area (Å²) in [4.78, 5) is 22.5. The summed E-state index contributed by atoms with van der Waals surface area (Å²) in [7, 11) is 0. The molecule has 1 amide bonds. The molecule has 8 nitrogen and oxygen atoms in total. The highest BCUT2D eigenvalue weighted by Crippen LogP contribution is 2.30. The van der Waals surface area contributed by atoms with E-state index in [2.05, 4.69) is 10.5 Å². The van der Waals surface area contributed by atoms with E-state index < -0.39 is 16.6 Å². The fourth-order valence-electron chi connectivity index (χ4n) is 2.39. The number of halogens is 1. The summed E-state index contributed by atoms with van der Waals surface area (Å²) in [5, 5.41) is 23.5. The zero-order valence-corrected chi connectivity index (χ0v) is 14.1. The van der Waals surface area contributed by atoms with Crippen molar-refractivity contribution in [3.8, 4) is 17.4 Å². The van der Waals surface area contributed by atoms with Crippen LogP contribution in [0.25, 0.3) is 11.3 Å². The van der Waals surface area contributed by atoms with Gasteiger partial charge in [-0.2, -0.15) is 10.4 Å². The van der Waals surface area contributed by atoms with Gasteiger partial charge in [-0.25, -0.2) is 9.82 Å². The predicted molar refractivity (Wildman–Crippen MR) is 97.0 cm³/mol. The van der Waals surface area contributed by atoms with Gasteiger partial charge in [-0.3, -0.25) is 14.9 Å². The maximum atomic E-state index is 13.8. The van der Waals surface area contributed by atoms with Crippen LogP contribution in [0.5, 0.6) is 0 Å². The van der Waals surface area contributed by atoms with Crippen LogP contribution in [0, 0.1) is 27.3 Å². The van der Waals surface area contributed by atoms with Crippen LogP contribution in [0.2, 0.25) is 0 Å². The SMILES string of the molecule is N#Cc1ccc(C(=O)NN=Cc2ccc(-c3ccccc3[N+](=O)[O-])o2)c(F)c1. The molecule has 138 valence electrons. The Morgan fingerprint density at radius 1 is 1.25 bits per heavy atom. The molecule has 0 unspecified atom stereocenters. The molecule has 1 N–H and O–H groups in total. The van der Waals surface area contributed by atoms with Gasteiger partial charge in [0.15, 0.2) is 0 Å². The number of hydrogen-bond acceptors (Lipinski definition) is 6. The second-order valence-corrected chi connectivity index (χ2v) is 5.48. The number of para-hydroxylation sites is 1. The second kappa shape index (κ2) is 7.92. The first-order valence-corrected chi connectivity index (χ1v) is 7.86. The summed E-state index contributed by atoms with van der Waals surface area (Å²) in [6.07, 6.45) is 1.18. The van der Waals surface area contributed by atoms with Crippen LogP contribution >= 0.6 is 0 Å². The van der Waals surface area contributed by atoms with Crippen LogP contribution in [0.1, 0.15) is 21.7 Å². The molecule has 9 heteroatoms. The number of furan rings is 1. The van der Waals surface area contributed by atoms with E-state index >= 15 is 0 Å². The number of nitro groups is 1. The minimum atomic E-state index is -0.844. The van der Waals surface area contributed by atoms with E-state index in [4.69, 9.17) is 9.68 Å². The van der Waals surface area contributed by atoms with E-state index in [0.29, 0.717) is 5.56 Å². The van der Waals surface area contributed by atoms with Crippen molar-refractivity contribution in [1.29, 1.82) is 5.26 Å². The Labute approximate surface area is 157 Å². The minimum absolute atomic E-state index is 0.0932. The van der Waals surface area contributed by atoms with E-state index in [1.807, 2.05) is 0 Å². The summed E-state index contributed by atoms with van der Waals surface area (Å²) in [6.45, 7) is 0. The first-order chi connectivity index (χ1) is 13.5. The predicted octanol–water partition coefficient (Wildman–Crippen LogP) is 3.63. The third kappa shape index (κ3) is 3.91. The van der Waals surface area contributed by atoms with Gasteiger partial charge in [0.2, 0.25) is 0 Å². The molecule has 0 aliphatic rings. The molecule has 0 saturated heterocycles. The zero-order valence-electron chi connectivity index (χ0n) is 14.1. The standard InChI is InChI=1S/C19H11FN4O4/c20-16-9-12(10-21)5-7-14(16)19(25)23-22-11-13-6-8-18(28-13)15-3-1-2-4-17(15)24(26)27/h1-9,11H,(H,23,25). The molecule has 0 radical (unpaired) electrons. The Morgan fingerprint density at radius 2 is 2.04 bits per heavy atom. The highest BCUT2D eigenvalue weighted by atomic mass is 19.1. The van der Waals surface area contributed by atoms with Crippen molar-refractivity contribution in [2.45, 2.75) is 0 Å². The summed E-state index contributed by atoms with van der Waals surface area (Å²) in [6, 6.07) is 14.4. The van der Waals surface area contributed by atoms with Crippen molar-refractivity contribution in [1.82, 2.24) is 5.43 Å². The molecule has 0 atom stereocenters. The molecule has 0 aliphatic carbocycles. The second-order valence-electron chi connectivity index (χ2n) is 5.48. The fraction of sp³-hybridized carbons (Fsp3) is 0. The summed E-state index contributed by atoms with van der Waals surface area (Å²) in [5.41, 5.74) is 2.16. The Balaban J connectivity index is 1.72. The lowest BCUT2D eigenvalue weighted by Gasteiger charge is -2.01. The quantitative estimate of drug-likeness (QED) is 0.413. The summed E-state index contributed by atoms with van der Waals surface area (Å²) >= 11 is 0. The summed E-state index contributed by atoms with van der Waals surface area (Å²) < 4.78 is 19.3. The number of carbonyl (C=O) groups is 1. The molecule has 3 aromatic rings. The van der Waals surface area contributed by atoms with Gasteiger partial charge in [0.05, 0.1) is 33.9 Å². The van der Waals surface area contributed by atoms with E-state index in [-0.39, 0.29) is 28.3 Å². The van der Waals surface area contributed by atoms with Crippen molar-refractivity contribution in [3.63, 3.8) is 0 Å². The van der Waals surface area contributed by atoms with E-state index in [1.54, 1.807) is 24.3 Å². The molecule has 0 fully saturated rings. The smallest absolute Gasteiger partial charge is 0.280 e. The van der Waals surface area contributed by atoms with Crippen LogP contribution in [-0.4, -0.2) is 17.0 Å². The number of carbonyl (C=O) groups excluding carboxylic acids is 1. The van der Waals surface area contributed by atoms with Crippen molar-refractivity contribution in [2.24, 2.45) is 5.10 Å². The monoisotopic (exact) mass is 378 g/mol. The van der Waals surface area contributed by atoms with Crippen LogP contribution in [-0.2, 0) is 0 Å². The van der Waals surface area contributed by atoms with Crippen LogP contribution in [0.4, 0.5) is 10.1 Å². The molecule has 28 heavy (non-hydrogen) atoms. The lowest BCUT2D eigenvalue weighted by Crippen LogP contribution is -2.19. The van der Waals surface area contributed by atoms with E-state index in [1.165, 1.54) is 36.5 Å². The molecule has 2 aromatic carbocycles. The first kappa shape index (κ1) is 18.5. The number of nitro benzene ring substituents is 1. The largest absolute Gasteiger partial charge is 0.455 e. The molecule has 0 aliphatic heterocycles. The van der Waals surface area contributed by atoms with Crippen molar-refractivity contribution in [2.75, 3.05) is 0 Å². The highest BCUT2D eigenvalue weighted by Gasteiger charge is 2.17. The number of hydrazone groups is 1. The number of nitrogens with zero attached hydrogens (tertiary/aromatic N) is 3. The van der Waals surface area contributed by atoms with Gasteiger partial charge in [-0.1, -0.05) is 12.1 Å². The van der Waals surface area contributed by atoms with E-state index in [9.17, 15) is 19.3 Å². The Hall–Kier alpha value is -4.32. The average Bonchev–Trinajstić information content (AvgIpc) is 3.16. The normalized spacial score (nSPS) is 10.6. The lowest BCUT2D eigenvalue weighted by molar-refractivity contribution is -0.384. The van der Waals surface area contributed by atoms with E-state index in [0.717, 1.165) is 6.07 Å². The van der Waals surface area contributed by atoms with Gasteiger partial charge < -0.3 is 4.42 Å². The molecule has 1 heterocycles. The van der Waals surface area contributed by atoms with Gasteiger partial charge in [0, 0.05) is 6.07 Å². The number of benzene rings is 2. The molecule has 0 saturated carbocycles. The van der Waals surface area contributed by atoms with Crippen molar-refractivity contribution >= 4 is 17.8 Å². The molecule has 0 spiro atoms. The molecular formula is C19H11FN4O4. The Morgan fingerprint density at radius 3 is 2.75 bits per heavy atom. The number of amides is 1. The minimum Gasteiger partial charge on any atom is -0.455 e. The molecule has 1 aromatic heterocycles. The number of hydrogen-bond donors (Lipinski definition) is 1.